The maximum absolute atomic E-state index is 5.62. The molecule has 0 N–H and O–H groups in total. The largest absolute Gasteiger partial charge is 0.558 e. The summed E-state index contributed by atoms with van der Waals surface area (Å²) in [5.74, 6) is 0.695. The minimum absolute atomic E-state index is 0.695. The van der Waals surface area contributed by atoms with Crippen LogP contribution in [0.1, 0.15) is 33.1 Å². The lowest BCUT2D eigenvalue weighted by Gasteiger charge is -2.45. The van der Waals surface area contributed by atoms with E-state index in [9.17, 15) is 0 Å². The van der Waals surface area contributed by atoms with Gasteiger partial charge in [0.15, 0.2) is 0 Å². The van der Waals surface area contributed by atoms with Crippen molar-refractivity contribution >= 4 is 8.80 Å². The van der Waals surface area contributed by atoms with Gasteiger partial charge in [0.2, 0.25) is 0 Å². The summed E-state index contributed by atoms with van der Waals surface area (Å²) in [6, 6.07) is 0. The molecule has 4 nitrogen and oxygen atoms in total. The highest BCUT2D eigenvalue weighted by atomic mass is 28.4. The van der Waals surface area contributed by atoms with Crippen LogP contribution < -0.4 is 0 Å². The van der Waals surface area contributed by atoms with Crippen molar-refractivity contribution in [3.8, 4) is 0 Å². The van der Waals surface area contributed by atoms with E-state index in [4.69, 9.17) is 13.3 Å². The van der Waals surface area contributed by atoms with Gasteiger partial charge in [-0.15, -0.1) is 0 Å². The van der Waals surface area contributed by atoms with Crippen LogP contribution in [0.5, 0.6) is 0 Å². The summed E-state index contributed by atoms with van der Waals surface area (Å²) in [5.41, 5.74) is 0. The number of piperidine rings is 1. The van der Waals surface area contributed by atoms with Gasteiger partial charge in [-0.1, -0.05) is 13.8 Å². The fraction of sp³-hybridized carbons (Fsp3) is 1.00. The first-order valence-electron chi connectivity index (χ1n) is 7.02. The normalized spacial score (nSPS) is 20.3. The molecule has 0 aliphatic carbocycles. The van der Waals surface area contributed by atoms with E-state index < -0.39 is 8.80 Å². The summed E-state index contributed by atoms with van der Waals surface area (Å²) < 4.78 is 18.0. The Bertz CT molecular complexity index is 230. The molecule has 5 heteroatoms. The minimum Gasteiger partial charge on any atom is -0.374 e. The van der Waals surface area contributed by atoms with Crippen LogP contribution in [0.25, 0.3) is 0 Å². The number of nitrogens with zero attached hydrogens (tertiary/aromatic N) is 1. The molecule has 0 aromatic rings. The lowest BCUT2D eigenvalue weighted by atomic mass is 10.1. The second-order valence-corrected chi connectivity index (χ2v) is 8.79. The summed E-state index contributed by atoms with van der Waals surface area (Å²) in [7, 11) is 2.68. The standard InChI is InChI=1S/C13H30NO3Si/c1-13(2)11-14(9-7-6-8-10-14)12-18(15-3,16-4)17-5/h13H,6-12H2,1-5H3/q+1. The van der Waals surface area contributed by atoms with Crippen molar-refractivity contribution < 1.29 is 17.8 Å². The highest BCUT2D eigenvalue weighted by molar-refractivity contribution is 6.60. The van der Waals surface area contributed by atoms with Gasteiger partial charge in [-0.2, -0.15) is 0 Å². The predicted octanol–water partition coefficient (Wildman–Crippen LogP) is 2.06. The molecule has 1 aliphatic rings. The molecule has 0 bridgehead atoms. The van der Waals surface area contributed by atoms with Crippen LogP contribution in [0.15, 0.2) is 0 Å². The highest BCUT2D eigenvalue weighted by Crippen LogP contribution is 2.24. The SMILES string of the molecule is CO[Si](C[N+]1(CC(C)C)CCCCC1)(OC)OC. The Kier molecular flexibility index (Phi) is 6.27. The van der Waals surface area contributed by atoms with E-state index >= 15 is 0 Å². The van der Waals surface area contributed by atoms with Gasteiger partial charge in [0.05, 0.1) is 19.6 Å². The topological polar surface area (TPSA) is 27.7 Å². The quantitative estimate of drug-likeness (QED) is 0.526. The van der Waals surface area contributed by atoms with Crippen molar-refractivity contribution in [1.29, 1.82) is 0 Å². The molecule has 1 heterocycles. The van der Waals surface area contributed by atoms with Crippen LogP contribution >= 0.6 is 0 Å². The lowest BCUT2D eigenvalue weighted by molar-refractivity contribution is -0.928. The fourth-order valence-electron chi connectivity index (χ4n) is 3.22. The van der Waals surface area contributed by atoms with Gasteiger partial charge < -0.3 is 17.8 Å². The first kappa shape index (κ1) is 16.1. The van der Waals surface area contributed by atoms with Gasteiger partial charge >= 0.3 is 8.80 Å². The maximum Gasteiger partial charge on any atom is 0.558 e. The molecular weight excluding hydrogens is 246 g/mol. The Morgan fingerprint density at radius 2 is 1.44 bits per heavy atom. The third-order valence-corrected chi connectivity index (χ3v) is 6.90. The fourth-order valence-corrected chi connectivity index (χ4v) is 5.37. The maximum atomic E-state index is 5.62. The second-order valence-electron chi connectivity index (χ2n) is 5.88. The van der Waals surface area contributed by atoms with Gasteiger partial charge in [-0.25, -0.2) is 0 Å². The second kappa shape index (κ2) is 7.00. The van der Waals surface area contributed by atoms with E-state index in [0.717, 1.165) is 10.7 Å². The first-order valence-corrected chi connectivity index (χ1v) is 8.95. The molecule has 0 unspecified atom stereocenters. The Labute approximate surface area is 113 Å². The van der Waals surface area contributed by atoms with Crippen molar-refractivity contribution in [2.75, 3.05) is 47.1 Å². The molecule has 0 aromatic carbocycles. The van der Waals surface area contributed by atoms with E-state index in [1.807, 2.05) is 0 Å². The number of likely N-dealkylation sites (tertiary alicyclic amines) is 1. The molecule has 0 aromatic heterocycles. The van der Waals surface area contributed by atoms with E-state index in [1.165, 1.54) is 38.9 Å². The molecule has 0 atom stereocenters. The van der Waals surface area contributed by atoms with Crippen LogP contribution in [0.2, 0.25) is 0 Å². The molecule has 0 radical (unpaired) electrons. The third-order valence-electron chi connectivity index (χ3n) is 3.98. The summed E-state index contributed by atoms with van der Waals surface area (Å²) in [4.78, 5) is 0. The zero-order valence-corrected chi connectivity index (χ0v) is 13.7. The molecule has 1 fully saturated rings. The summed E-state index contributed by atoms with van der Waals surface area (Å²) in [6.07, 6.45) is 4.90. The van der Waals surface area contributed by atoms with Gasteiger partial charge in [0.25, 0.3) is 0 Å². The van der Waals surface area contributed by atoms with Crippen molar-refractivity contribution in [3.05, 3.63) is 0 Å². The molecule has 0 amide bonds. The molecule has 0 spiro atoms. The van der Waals surface area contributed by atoms with E-state index in [1.54, 1.807) is 21.3 Å². The van der Waals surface area contributed by atoms with Gasteiger partial charge in [-0.05, 0) is 19.3 Å². The van der Waals surface area contributed by atoms with Gasteiger partial charge in [0.1, 0.15) is 6.17 Å². The summed E-state index contributed by atoms with van der Waals surface area (Å²) >= 11 is 0. The van der Waals surface area contributed by atoms with Crippen LogP contribution in [0.4, 0.5) is 0 Å². The van der Waals surface area contributed by atoms with Gasteiger partial charge in [0, 0.05) is 27.2 Å². The predicted molar refractivity (Wildman–Crippen MR) is 75.2 cm³/mol. The highest BCUT2D eigenvalue weighted by Gasteiger charge is 2.49. The molecule has 18 heavy (non-hydrogen) atoms. The van der Waals surface area contributed by atoms with Gasteiger partial charge in [-0.3, -0.25) is 0 Å². The molecule has 108 valence electrons. The van der Waals surface area contributed by atoms with Crippen molar-refractivity contribution in [2.45, 2.75) is 33.1 Å². The smallest absolute Gasteiger partial charge is 0.374 e. The molecule has 1 aliphatic heterocycles. The lowest BCUT2D eigenvalue weighted by Crippen LogP contribution is -2.64. The van der Waals surface area contributed by atoms with Crippen LogP contribution in [-0.4, -0.2) is 60.4 Å². The molecule has 1 rings (SSSR count). The van der Waals surface area contributed by atoms with Crippen molar-refractivity contribution in [1.82, 2.24) is 0 Å². The van der Waals surface area contributed by atoms with E-state index in [-0.39, 0.29) is 0 Å². The third kappa shape index (κ3) is 4.03. The zero-order chi connectivity index (χ0) is 13.6. The van der Waals surface area contributed by atoms with Crippen LogP contribution in [-0.2, 0) is 13.3 Å². The van der Waals surface area contributed by atoms with Crippen LogP contribution in [0, 0.1) is 5.92 Å². The Hall–Kier alpha value is 0.0569. The summed E-state index contributed by atoms with van der Waals surface area (Å²) in [6.45, 7) is 8.27. The van der Waals surface area contributed by atoms with E-state index in [2.05, 4.69) is 13.8 Å². The minimum atomic E-state index is -2.47. The zero-order valence-electron chi connectivity index (χ0n) is 12.7. The van der Waals surface area contributed by atoms with Crippen molar-refractivity contribution in [3.63, 3.8) is 0 Å². The van der Waals surface area contributed by atoms with Crippen LogP contribution in [0.3, 0.4) is 0 Å². The number of rotatable bonds is 7. The Balaban J connectivity index is 2.82. The Morgan fingerprint density at radius 1 is 0.944 bits per heavy atom. The first-order chi connectivity index (χ1) is 8.51. The Morgan fingerprint density at radius 3 is 1.83 bits per heavy atom. The average molecular weight is 276 g/mol. The monoisotopic (exact) mass is 276 g/mol. The average Bonchev–Trinajstić information content (AvgIpc) is 2.36. The molecule has 0 saturated carbocycles. The molecular formula is C13H30NO3Si+. The number of hydrogen-bond donors (Lipinski definition) is 0. The number of hydrogen-bond acceptors (Lipinski definition) is 3. The van der Waals surface area contributed by atoms with E-state index in [0.29, 0.717) is 5.92 Å². The van der Waals surface area contributed by atoms with Crippen molar-refractivity contribution in [2.24, 2.45) is 5.92 Å². The molecule has 1 saturated heterocycles. The number of quaternary nitrogens is 1. The summed E-state index contributed by atoms with van der Waals surface area (Å²) in [5, 5.41) is 0.